The molecule has 0 saturated heterocycles. The molecule has 15 heavy (non-hydrogen) atoms. The summed E-state index contributed by atoms with van der Waals surface area (Å²) in [4.78, 5) is 0. The summed E-state index contributed by atoms with van der Waals surface area (Å²) in [5, 5.41) is 16.2. The number of aromatic hydroxyl groups is 1. The van der Waals surface area contributed by atoms with Crippen LogP contribution in [0.3, 0.4) is 0 Å². The van der Waals surface area contributed by atoms with Crippen molar-refractivity contribution < 1.29 is 10.2 Å². The number of aliphatic hydroxyl groups excluding tert-OH is 1. The van der Waals surface area contributed by atoms with Gasteiger partial charge in [0.05, 0.1) is 0 Å². The Hall–Kier alpha value is -1.02. The van der Waals surface area contributed by atoms with E-state index >= 15 is 0 Å². The minimum atomic E-state index is 0.250. The molecule has 2 N–H and O–H groups in total. The Balaban J connectivity index is -0.000000154. The third-order valence-electron chi connectivity index (χ3n) is 0.756. The molecule has 0 bridgehead atoms. The van der Waals surface area contributed by atoms with Gasteiger partial charge in [0.1, 0.15) is 5.75 Å². The number of phenols is 1. The molecule has 0 heterocycles. The van der Waals surface area contributed by atoms with Crippen molar-refractivity contribution >= 4 is 0 Å². The minimum Gasteiger partial charge on any atom is -0.508 e. The van der Waals surface area contributed by atoms with Gasteiger partial charge in [0, 0.05) is 6.61 Å². The molecule has 2 heteroatoms. The zero-order valence-corrected chi connectivity index (χ0v) is 10.7. The first-order valence-electron chi connectivity index (χ1n) is 5.57. The van der Waals surface area contributed by atoms with Crippen molar-refractivity contribution in [2.75, 3.05) is 6.61 Å². The summed E-state index contributed by atoms with van der Waals surface area (Å²) >= 11 is 0. The first-order valence-corrected chi connectivity index (χ1v) is 5.57. The quantitative estimate of drug-likeness (QED) is 0.689. The molecule has 0 aliphatic heterocycles. The van der Waals surface area contributed by atoms with Gasteiger partial charge in [-0.3, -0.25) is 0 Å². The van der Waals surface area contributed by atoms with E-state index in [0.717, 1.165) is 0 Å². The van der Waals surface area contributed by atoms with Crippen LogP contribution in [0, 0.1) is 0 Å². The molecule has 0 aromatic heterocycles. The number of para-hydroxylation sites is 1. The van der Waals surface area contributed by atoms with E-state index in [0.29, 0.717) is 5.75 Å². The summed E-state index contributed by atoms with van der Waals surface area (Å²) in [7, 11) is 0. The number of hydrogen-bond acceptors (Lipinski definition) is 2. The van der Waals surface area contributed by atoms with Crippen LogP contribution in [-0.2, 0) is 0 Å². The average molecular weight is 214 g/mol. The van der Waals surface area contributed by atoms with Crippen LogP contribution < -0.4 is 0 Å². The molecule has 0 radical (unpaired) electrons. The molecule has 0 fully saturated rings. The molecular weight excluding hydrogens is 188 g/mol. The van der Waals surface area contributed by atoms with Crippen LogP contribution in [0.15, 0.2) is 30.3 Å². The van der Waals surface area contributed by atoms with Gasteiger partial charge in [0.2, 0.25) is 0 Å². The predicted octanol–water partition coefficient (Wildman–Crippen LogP) is 3.83. The second-order valence-electron chi connectivity index (χ2n) is 2.36. The van der Waals surface area contributed by atoms with Gasteiger partial charge in [0.15, 0.2) is 0 Å². The van der Waals surface area contributed by atoms with Crippen LogP contribution in [0.4, 0.5) is 0 Å². The highest BCUT2D eigenvalue weighted by Gasteiger charge is 1.74. The van der Waals surface area contributed by atoms with Gasteiger partial charge in [-0.2, -0.15) is 0 Å². The van der Waals surface area contributed by atoms with Crippen molar-refractivity contribution in [3.63, 3.8) is 0 Å². The molecule has 1 aromatic rings. The molecule has 2 nitrogen and oxygen atoms in total. The van der Waals surface area contributed by atoms with Gasteiger partial charge in [-0.1, -0.05) is 52.3 Å². The Morgan fingerprint density at radius 2 is 1.20 bits per heavy atom. The molecule has 0 unspecified atom stereocenters. The standard InChI is InChI=1S/C6H6O.C3H8.C2H6O.C2H6/c7-6-4-2-1-3-5-6;1-3-2;1-2-3;1-2/h1-5,7H;3H2,1-2H3;3H,2H2,1H3;1-2H3. The van der Waals surface area contributed by atoms with Gasteiger partial charge < -0.3 is 10.2 Å². The lowest BCUT2D eigenvalue weighted by Crippen LogP contribution is -1.57. The zero-order valence-electron chi connectivity index (χ0n) is 10.7. The Kier molecular flexibility index (Phi) is 30.1. The molecule has 0 spiro atoms. The minimum absolute atomic E-state index is 0.250. The maximum atomic E-state index is 8.63. The summed E-state index contributed by atoms with van der Waals surface area (Å²) in [6.45, 7) is 10.2. The van der Waals surface area contributed by atoms with Gasteiger partial charge in [-0.25, -0.2) is 0 Å². The van der Waals surface area contributed by atoms with E-state index in [9.17, 15) is 0 Å². The normalized spacial score (nSPS) is 6.80. The summed E-state index contributed by atoms with van der Waals surface area (Å²) in [6.07, 6.45) is 1.25. The third kappa shape index (κ3) is 32.1. The summed E-state index contributed by atoms with van der Waals surface area (Å²) in [5.41, 5.74) is 0. The number of phenolic OH excluding ortho intramolecular Hbond substituents is 1. The Morgan fingerprint density at radius 1 is 0.933 bits per heavy atom. The highest BCUT2D eigenvalue weighted by atomic mass is 16.3. The molecule has 0 aliphatic carbocycles. The number of hydrogen-bond donors (Lipinski definition) is 2. The van der Waals surface area contributed by atoms with Crippen molar-refractivity contribution in [3.8, 4) is 5.75 Å². The lowest BCUT2D eigenvalue weighted by Gasteiger charge is -1.82. The number of rotatable bonds is 0. The molecule has 0 atom stereocenters. The summed E-state index contributed by atoms with van der Waals surface area (Å²) in [6, 6.07) is 8.71. The summed E-state index contributed by atoms with van der Waals surface area (Å²) < 4.78 is 0. The Morgan fingerprint density at radius 3 is 1.33 bits per heavy atom. The second kappa shape index (κ2) is 23.1. The largest absolute Gasteiger partial charge is 0.508 e. The smallest absolute Gasteiger partial charge is 0.115 e. The van der Waals surface area contributed by atoms with Crippen LogP contribution in [0.2, 0.25) is 0 Å². The topological polar surface area (TPSA) is 40.5 Å². The molecule has 1 aromatic carbocycles. The molecular formula is C13H26O2. The van der Waals surface area contributed by atoms with Gasteiger partial charge in [-0.15, -0.1) is 0 Å². The van der Waals surface area contributed by atoms with Gasteiger partial charge in [-0.05, 0) is 19.1 Å². The maximum absolute atomic E-state index is 8.63. The lowest BCUT2D eigenvalue weighted by atomic mass is 10.3. The Labute approximate surface area is 94.6 Å². The molecule has 0 amide bonds. The van der Waals surface area contributed by atoms with Crippen molar-refractivity contribution in [2.24, 2.45) is 0 Å². The highest BCUT2D eigenvalue weighted by molar-refractivity contribution is 5.18. The van der Waals surface area contributed by atoms with Crippen LogP contribution in [-0.4, -0.2) is 16.8 Å². The zero-order chi connectivity index (χ0) is 12.5. The van der Waals surface area contributed by atoms with E-state index in [-0.39, 0.29) is 6.61 Å². The first-order chi connectivity index (χ1) is 7.22. The van der Waals surface area contributed by atoms with Crippen LogP contribution in [0.5, 0.6) is 5.75 Å². The van der Waals surface area contributed by atoms with E-state index < -0.39 is 0 Å². The van der Waals surface area contributed by atoms with Crippen molar-refractivity contribution in [1.82, 2.24) is 0 Å². The fraction of sp³-hybridized carbons (Fsp3) is 0.538. The third-order valence-corrected chi connectivity index (χ3v) is 0.756. The number of aliphatic hydroxyl groups is 1. The van der Waals surface area contributed by atoms with Crippen LogP contribution >= 0.6 is 0 Å². The highest BCUT2D eigenvalue weighted by Crippen LogP contribution is 2.02. The van der Waals surface area contributed by atoms with Crippen LogP contribution in [0.25, 0.3) is 0 Å². The molecule has 0 saturated carbocycles. The number of benzene rings is 1. The molecule has 90 valence electrons. The summed E-state index contributed by atoms with van der Waals surface area (Å²) in [5.74, 6) is 0.322. The van der Waals surface area contributed by atoms with E-state index in [1.54, 1.807) is 31.2 Å². The van der Waals surface area contributed by atoms with E-state index in [4.69, 9.17) is 10.2 Å². The first kappa shape index (κ1) is 19.5. The molecule has 0 aliphatic rings. The SMILES string of the molecule is CC.CCC.CCO.Oc1ccccc1. The van der Waals surface area contributed by atoms with E-state index in [2.05, 4.69) is 13.8 Å². The van der Waals surface area contributed by atoms with Crippen LogP contribution in [0.1, 0.15) is 41.0 Å². The predicted molar refractivity (Wildman–Crippen MR) is 68.2 cm³/mol. The fourth-order valence-electron chi connectivity index (χ4n) is 0.428. The van der Waals surface area contributed by atoms with Gasteiger partial charge >= 0.3 is 0 Å². The van der Waals surface area contributed by atoms with E-state index in [1.165, 1.54) is 6.42 Å². The average Bonchev–Trinajstić information content (AvgIpc) is 2.24. The van der Waals surface area contributed by atoms with Crippen molar-refractivity contribution in [3.05, 3.63) is 30.3 Å². The van der Waals surface area contributed by atoms with Crippen molar-refractivity contribution in [2.45, 2.75) is 41.0 Å². The monoisotopic (exact) mass is 214 g/mol. The lowest BCUT2D eigenvalue weighted by molar-refractivity contribution is 0.318. The maximum Gasteiger partial charge on any atom is 0.115 e. The van der Waals surface area contributed by atoms with Crippen molar-refractivity contribution in [1.29, 1.82) is 0 Å². The fourth-order valence-corrected chi connectivity index (χ4v) is 0.428. The second-order valence-corrected chi connectivity index (χ2v) is 2.36. The van der Waals surface area contributed by atoms with Gasteiger partial charge in [0.25, 0.3) is 0 Å². The molecule has 1 rings (SSSR count). The Bertz CT molecular complexity index is 159. The van der Waals surface area contributed by atoms with E-state index in [1.807, 2.05) is 19.9 Å².